The molecule has 2 aliphatic rings. The maximum Gasteiger partial charge on any atom is 0.253 e. The van der Waals surface area contributed by atoms with E-state index in [1.165, 1.54) is 18.5 Å². The zero-order valence-electron chi connectivity index (χ0n) is 15.3. The van der Waals surface area contributed by atoms with Gasteiger partial charge < -0.3 is 9.80 Å². The number of hydrogen-bond acceptors (Lipinski definition) is 4. The SMILES string of the molecule is O=C(c1ccccc1)N1CC[C@H](c2nnn3cc(N4CCCC4)ccc23)C1. The molecule has 2 aliphatic heterocycles. The lowest BCUT2D eigenvalue weighted by molar-refractivity contribution is 0.0790. The molecule has 0 spiro atoms. The third kappa shape index (κ3) is 2.95. The monoisotopic (exact) mass is 361 g/mol. The number of carbonyl (C=O) groups excluding carboxylic acids is 1. The topological polar surface area (TPSA) is 53.7 Å². The highest BCUT2D eigenvalue weighted by Gasteiger charge is 2.31. The second-order valence-electron chi connectivity index (χ2n) is 7.49. The maximum atomic E-state index is 12.7. The van der Waals surface area contributed by atoms with Crippen molar-refractivity contribution in [2.24, 2.45) is 0 Å². The normalized spacial score (nSPS) is 19.9. The molecule has 0 saturated carbocycles. The highest BCUT2D eigenvalue weighted by molar-refractivity contribution is 5.94. The summed E-state index contributed by atoms with van der Waals surface area (Å²) in [7, 11) is 0. The van der Waals surface area contributed by atoms with Crippen LogP contribution in [0.15, 0.2) is 48.7 Å². The summed E-state index contributed by atoms with van der Waals surface area (Å²) in [6.45, 7) is 3.71. The molecule has 0 N–H and O–H groups in total. The quantitative estimate of drug-likeness (QED) is 0.720. The van der Waals surface area contributed by atoms with Gasteiger partial charge in [-0.15, -0.1) is 5.10 Å². The lowest BCUT2D eigenvalue weighted by Gasteiger charge is -2.17. The lowest BCUT2D eigenvalue weighted by atomic mass is 10.0. The van der Waals surface area contributed by atoms with Crippen molar-refractivity contribution in [3.05, 3.63) is 59.9 Å². The molecule has 1 amide bonds. The van der Waals surface area contributed by atoms with Crippen LogP contribution in [0.3, 0.4) is 0 Å². The molecule has 0 aliphatic carbocycles. The van der Waals surface area contributed by atoms with Gasteiger partial charge in [-0.2, -0.15) is 0 Å². The van der Waals surface area contributed by atoms with E-state index in [4.69, 9.17) is 0 Å². The van der Waals surface area contributed by atoms with Crippen LogP contribution in [0.4, 0.5) is 5.69 Å². The second kappa shape index (κ2) is 6.68. The molecular weight excluding hydrogens is 338 g/mol. The predicted molar refractivity (Wildman–Crippen MR) is 104 cm³/mol. The summed E-state index contributed by atoms with van der Waals surface area (Å²) < 4.78 is 1.89. The van der Waals surface area contributed by atoms with Crippen LogP contribution in [0, 0.1) is 0 Å². The fourth-order valence-corrected chi connectivity index (χ4v) is 4.29. The van der Waals surface area contributed by atoms with E-state index in [0.717, 1.165) is 42.8 Å². The van der Waals surface area contributed by atoms with Crippen LogP contribution in [0.1, 0.15) is 41.2 Å². The Bertz CT molecular complexity index is 961. The van der Waals surface area contributed by atoms with Gasteiger partial charge in [0, 0.05) is 37.7 Å². The molecule has 27 heavy (non-hydrogen) atoms. The van der Waals surface area contributed by atoms with Gasteiger partial charge in [0.2, 0.25) is 0 Å². The van der Waals surface area contributed by atoms with Crippen molar-refractivity contribution in [3.8, 4) is 0 Å². The Balaban J connectivity index is 1.36. The van der Waals surface area contributed by atoms with Crippen LogP contribution < -0.4 is 4.90 Å². The predicted octanol–water partition coefficient (Wildman–Crippen LogP) is 2.96. The summed E-state index contributed by atoms with van der Waals surface area (Å²) in [6.07, 6.45) is 5.53. The molecule has 0 radical (unpaired) electrons. The number of aromatic nitrogens is 3. The third-order valence-electron chi connectivity index (χ3n) is 5.78. The first-order valence-corrected chi connectivity index (χ1v) is 9.74. The molecule has 2 saturated heterocycles. The first-order chi connectivity index (χ1) is 13.3. The van der Waals surface area contributed by atoms with Crippen LogP contribution in [0.5, 0.6) is 0 Å². The standard InChI is InChI=1S/C21H23N5O/c27-21(16-6-2-1-3-7-16)25-13-10-17(14-25)20-19-9-8-18(15-26(19)23-22-20)24-11-4-5-12-24/h1-3,6-9,15,17H,4-5,10-14H2/t17-/m0/s1. The molecule has 2 aromatic heterocycles. The Labute approximate surface area is 158 Å². The zero-order valence-corrected chi connectivity index (χ0v) is 15.3. The highest BCUT2D eigenvalue weighted by atomic mass is 16.2. The summed E-state index contributed by atoms with van der Waals surface area (Å²) in [5.74, 6) is 0.346. The van der Waals surface area contributed by atoms with Gasteiger partial charge in [-0.05, 0) is 43.5 Å². The Kier molecular flexibility index (Phi) is 4.03. The van der Waals surface area contributed by atoms with Gasteiger partial charge in [0.25, 0.3) is 5.91 Å². The molecular formula is C21H23N5O. The minimum absolute atomic E-state index is 0.103. The minimum Gasteiger partial charge on any atom is -0.370 e. The van der Waals surface area contributed by atoms with Crippen LogP contribution in [-0.2, 0) is 0 Å². The van der Waals surface area contributed by atoms with E-state index in [2.05, 4.69) is 33.5 Å². The Morgan fingerprint density at radius 3 is 2.63 bits per heavy atom. The lowest BCUT2D eigenvalue weighted by Crippen LogP contribution is -2.28. The third-order valence-corrected chi connectivity index (χ3v) is 5.78. The van der Waals surface area contributed by atoms with Crippen LogP contribution in [-0.4, -0.2) is 51.8 Å². The number of rotatable bonds is 3. The van der Waals surface area contributed by atoms with E-state index in [9.17, 15) is 4.79 Å². The number of carbonyl (C=O) groups is 1. The van der Waals surface area contributed by atoms with E-state index in [-0.39, 0.29) is 11.8 Å². The first-order valence-electron chi connectivity index (χ1n) is 9.74. The molecule has 2 fully saturated rings. The number of fused-ring (bicyclic) bond motifs is 1. The van der Waals surface area contributed by atoms with Crippen molar-refractivity contribution in [2.45, 2.75) is 25.2 Å². The van der Waals surface area contributed by atoms with E-state index in [1.807, 2.05) is 39.7 Å². The van der Waals surface area contributed by atoms with Gasteiger partial charge in [0.15, 0.2) is 0 Å². The molecule has 0 unspecified atom stereocenters. The number of likely N-dealkylation sites (tertiary alicyclic amines) is 1. The van der Waals surface area contributed by atoms with Gasteiger partial charge in [-0.3, -0.25) is 4.79 Å². The number of amides is 1. The minimum atomic E-state index is 0.103. The smallest absolute Gasteiger partial charge is 0.253 e. The van der Waals surface area contributed by atoms with Crippen molar-refractivity contribution in [2.75, 3.05) is 31.1 Å². The molecule has 3 aromatic rings. The number of anilines is 1. The first kappa shape index (κ1) is 16.3. The second-order valence-corrected chi connectivity index (χ2v) is 7.49. The molecule has 0 bridgehead atoms. The fraction of sp³-hybridized carbons (Fsp3) is 0.381. The molecule has 5 rings (SSSR count). The average Bonchev–Trinajstić information content (AvgIpc) is 3.47. The maximum absolute atomic E-state index is 12.7. The van der Waals surface area contributed by atoms with E-state index in [1.54, 1.807) is 0 Å². The highest BCUT2D eigenvalue weighted by Crippen LogP contribution is 2.30. The van der Waals surface area contributed by atoms with Gasteiger partial charge in [0.1, 0.15) is 0 Å². The van der Waals surface area contributed by atoms with Crippen molar-refractivity contribution >= 4 is 17.1 Å². The van der Waals surface area contributed by atoms with Crippen molar-refractivity contribution < 1.29 is 4.79 Å². The van der Waals surface area contributed by atoms with Gasteiger partial charge >= 0.3 is 0 Å². The van der Waals surface area contributed by atoms with Crippen LogP contribution >= 0.6 is 0 Å². The van der Waals surface area contributed by atoms with Crippen LogP contribution in [0.25, 0.3) is 5.52 Å². The molecule has 6 nitrogen and oxygen atoms in total. The van der Waals surface area contributed by atoms with Crippen molar-refractivity contribution in [1.29, 1.82) is 0 Å². The average molecular weight is 361 g/mol. The number of hydrogen-bond donors (Lipinski definition) is 0. The summed E-state index contributed by atoms with van der Waals surface area (Å²) in [4.78, 5) is 17.0. The van der Waals surface area contributed by atoms with Gasteiger partial charge in [-0.25, -0.2) is 4.52 Å². The largest absolute Gasteiger partial charge is 0.370 e. The summed E-state index contributed by atoms with van der Waals surface area (Å²) in [5.41, 5.74) is 4.02. The number of nitrogens with zero attached hydrogens (tertiary/aromatic N) is 5. The van der Waals surface area contributed by atoms with Crippen molar-refractivity contribution in [1.82, 2.24) is 19.7 Å². The van der Waals surface area contributed by atoms with E-state index < -0.39 is 0 Å². The van der Waals surface area contributed by atoms with E-state index in [0.29, 0.717) is 6.54 Å². The summed E-state index contributed by atoms with van der Waals surface area (Å²) in [6, 6.07) is 13.8. The zero-order chi connectivity index (χ0) is 18.2. The molecule has 6 heteroatoms. The molecule has 1 aromatic carbocycles. The number of benzene rings is 1. The van der Waals surface area contributed by atoms with Gasteiger partial charge in [0.05, 0.1) is 23.1 Å². The fourth-order valence-electron chi connectivity index (χ4n) is 4.29. The molecule has 1 atom stereocenters. The van der Waals surface area contributed by atoms with Crippen LogP contribution in [0.2, 0.25) is 0 Å². The Morgan fingerprint density at radius 1 is 1.00 bits per heavy atom. The van der Waals surface area contributed by atoms with Gasteiger partial charge in [-0.1, -0.05) is 23.4 Å². The summed E-state index contributed by atoms with van der Waals surface area (Å²) >= 11 is 0. The summed E-state index contributed by atoms with van der Waals surface area (Å²) in [5, 5.41) is 8.83. The number of pyridine rings is 1. The van der Waals surface area contributed by atoms with Crippen molar-refractivity contribution in [3.63, 3.8) is 0 Å². The molecule has 4 heterocycles. The van der Waals surface area contributed by atoms with E-state index >= 15 is 0 Å². The Hall–Kier alpha value is -2.89. The Morgan fingerprint density at radius 2 is 1.81 bits per heavy atom. The molecule has 138 valence electrons.